The average molecular weight is 271 g/mol. The molecule has 0 saturated carbocycles. The highest BCUT2D eigenvalue weighted by atomic mass is 35.5. The Bertz CT molecular complexity index is 382. The van der Waals surface area contributed by atoms with Gasteiger partial charge in [0.05, 0.1) is 12.4 Å². The Labute approximate surface area is 113 Å². The highest BCUT2D eigenvalue weighted by Gasteiger charge is 2.07. The first-order valence-corrected chi connectivity index (χ1v) is 6.53. The molecule has 1 amide bonds. The number of nitrogens with zero attached hydrogens (tertiary/aromatic N) is 3. The predicted octanol–water partition coefficient (Wildman–Crippen LogP) is 1.59. The van der Waals surface area contributed by atoms with Crippen LogP contribution >= 0.6 is 11.6 Å². The van der Waals surface area contributed by atoms with Gasteiger partial charge in [0.25, 0.3) is 5.91 Å². The van der Waals surface area contributed by atoms with E-state index in [9.17, 15) is 4.79 Å². The molecular formula is C12H19ClN4O. The van der Waals surface area contributed by atoms with E-state index >= 15 is 0 Å². The zero-order chi connectivity index (χ0) is 13.4. The molecule has 0 aliphatic carbocycles. The third kappa shape index (κ3) is 4.98. The number of rotatable bonds is 7. The van der Waals surface area contributed by atoms with Gasteiger partial charge in [-0.15, -0.1) is 0 Å². The van der Waals surface area contributed by atoms with Gasteiger partial charge in [-0.05, 0) is 26.1 Å². The van der Waals surface area contributed by atoms with Crippen molar-refractivity contribution < 1.29 is 4.79 Å². The van der Waals surface area contributed by atoms with Crippen LogP contribution in [-0.4, -0.2) is 47.0 Å². The number of nitrogens with one attached hydrogen (secondary N) is 1. The minimum Gasteiger partial charge on any atom is -0.351 e. The number of amides is 1. The highest BCUT2D eigenvalue weighted by molar-refractivity contribution is 6.29. The summed E-state index contributed by atoms with van der Waals surface area (Å²) in [6.07, 6.45) is 3.73. The van der Waals surface area contributed by atoms with Gasteiger partial charge in [0, 0.05) is 6.54 Å². The minimum absolute atomic E-state index is 0.228. The largest absolute Gasteiger partial charge is 0.351 e. The molecular weight excluding hydrogens is 252 g/mol. The lowest BCUT2D eigenvalue weighted by molar-refractivity contribution is 0.0946. The Morgan fingerprint density at radius 3 is 2.72 bits per heavy atom. The van der Waals surface area contributed by atoms with Crippen molar-refractivity contribution in [3.8, 4) is 0 Å². The van der Waals surface area contributed by atoms with E-state index in [2.05, 4.69) is 34.0 Å². The standard InChI is InChI=1S/C12H19ClN4O/c1-3-17(4-2)7-5-6-15-12(18)10-8-14-9-11(13)16-10/h8-9H,3-7H2,1-2H3,(H,15,18). The van der Waals surface area contributed by atoms with E-state index in [1.807, 2.05) is 0 Å². The molecule has 18 heavy (non-hydrogen) atoms. The lowest BCUT2D eigenvalue weighted by atomic mass is 10.3. The molecule has 5 nitrogen and oxygen atoms in total. The topological polar surface area (TPSA) is 58.1 Å². The molecule has 1 heterocycles. The summed E-state index contributed by atoms with van der Waals surface area (Å²) in [7, 11) is 0. The quantitative estimate of drug-likeness (QED) is 0.765. The Morgan fingerprint density at radius 1 is 1.39 bits per heavy atom. The number of aromatic nitrogens is 2. The molecule has 1 rings (SSSR count). The molecule has 6 heteroatoms. The van der Waals surface area contributed by atoms with Gasteiger partial charge in [-0.1, -0.05) is 25.4 Å². The normalized spacial score (nSPS) is 10.7. The number of carbonyl (C=O) groups is 1. The van der Waals surface area contributed by atoms with Crippen LogP contribution in [-0.2, 0) is 0 Å². The van der Waals surface area contributed by atoms with Gasteiger partial charge in [0.1, 0.15) is 10.8 Å². The van der Waals surface area contributed by atoms with Gasteiger partial charge in [-0.2, -0.15) is 0 Å². The molecule has 0 saturated heterocycles. The molecule has 0 unspecified atom stereocenters. The van der Waals surface area contributed by atoms with Gasteiger partial charge in [-0.3, -0.25) is 9.78 Å². The van der Waals surface area contributed by atoms with Crippen LogP contribution in [0.15, 0.2) is 12.4 Å². The summed E-state index contributed by atoms with van der Waals surface area (Å²) in [4.78, 5) is 21.7. The number of carbonyl (C=O) groups excluding carboxylic acids is 1. The van der Waals surface area contributed by atoms with Gasteiger partial charge < -0.3 is 10.2 Å². The Balaban J connectivity index is 2.29. The molecule has 0 fully saturated rings. The summed E-state index contributed by atoms with van der Waals surface area (Å²) in [5.74, 6) is -0.232. The van der Waals surface area contributed by atoms with Crippen molar-refractivity contribution in [1.82, 2.24) is 20.2 Å². The highest BCUT2D eigenvalue weighted by Crippen LogP contribution is 2.02. The third-order valence-corrected chi connectivity index (χ3v) is 2.85. The first-order chi connectivity index (χ1) is 8.67. The molecule has 1 aromatic heterocycles. The van der Waals surface area contributed by atoms with Crippen LogP contribution < -0.4 is 5.32 Å². The summed E-state index contributed by atoms with van der Waals surface area (Å²) in [5, 5.41) is 3.03. The molecule has 0 radical (unpaired) electrons. The molecule has 1 N–H and O–H groups in total. The van der Waals surface area contributed by atoms with Crippen LogP contribution in [0.1, 0.15) is 30.8 Å². The van der Waals surface area contributed by atoms with Crippen molar-refractivity contribution in [2.45, 2.75) is 20.3 Å². The van der Waals surface area contributed by atoms with Crippen molar-refractivity contribution in [3.05, 3.63) is 23.2 Å². The molecule has 0 spiro atoms. The van der Waals surface area contributed by atoms with E-state index in [4.69, 9.17) is 11.6 Å². The van der Waals surface area contributed by atoms with E-state index in [0.717, 1.165) is 26.1 Å². The van der Waals surface area contributed by atoms with Crippen LogP contribution in [0.2, 0.25) is 5.15 Å². The second-order valence-corrected chi connectivity index (χ2v) is 4.25. The SMILES string of the molecule is CCN(CC)CCCNC(=O)c1cncc(Cl)n1. The van der Waals surface area contributed by atoms with Crippen LogP contribution in [0, 0.1) is 0 Å². The molecule has 100 valence electrons. The number of halogens is 1. The van der Waals surface area contributed by atoms with Crippen molar-refractivity contribution in [1.29, 1.82) is 0 Å². The van der Waals surface area contributed by atoms with Crippen LogP contribution in [0.4, 0.5) is 0 Å². The predicted molar refractivity (Wildman–Crippen MR) is 71.8 cm³/mol. The fourth-order valence-electron chi connectivity index (χ4n) is 1.59. The van der Waals surface area contributed by atoms with E-state index in [1.54, 1.807) is 0 Å². The molecule has 0 aromatic carbocycles. The second-order valence-electron chi connectivity index (χ2n) is 3.86. The summed E-state index contributed by atoms with van der Waals surface area (Å²) in [5.41, 5.74) is 0.255. The summed E-state index contributed by atoms with van der Waals surface area (Å²) < 4.78 is 0. The number of hydrogen-bond acceptors (Lipinski definition) is 4. The van der Waals surface area contributed by atoms with Gasteiger partial charge in [0.15, 0.2) is 0 Å². The Hall–Kier alpha value is -1.20. The fraction of sp³-hybridized carbons (Fsp3) is 0.583. The molecule has 0 aliphatic rings. The summed E-state index contributed by atoms with van der Waals surface area (Å²) in [6.45, 7) is 7.93. The zero-order valence-electron chi connectivity index (χ0n) is 10.8. The van der Waals surface area contributed by atoms with Crippen molar-refractivity contribution >= 4 is 17.5 Å². The van der Waals surface area contributed by atoms with Gasteiger partial charge in [0.2, 0.25) is 0 Å². The van der Waals surface area contributed by atoms with E-state index < -0.39 is 0 Å². The molecule has 0 atom stereocenters. The minimum atomic E-state index is -0.232. The molecule has 0 aliphatic heterocycles. The lowest BCUT2D eigenvalue weighted by Crippen LogP contribution is -2.30. The third-order valence-electron chi connectivity index (χ3n) is 2.67. The Morgan fingerprint density at radius 2 is 2.11 bits per heavy atom. The Kier molecular flexibility index (Phi) is 6.60. The maximum absolute atomic E-state index is 11.7. The van der Waals surface area contributed by atoms with Crippen molar-refractivity contribution in [2.24, 2.45) is 0 Å². The monoisotopic (exact) mass is 270 g/mol. The summed E-state index contributed by atoms with van der Waals surface area (Å²) >= 11 is 5.67. The second kappa shape index (κ2) is 8.00. The lowest BCUT2D eigenvalue weighted by Gasteiger charge is -2.17. The average Bonchev–Trinajstić information content (AvgIpc) is 2.38. The van der Waals surface area contributed by atoms with Crippen molar-refractivity contribution in [2.75, 3.05) is 26.2 Å². The van der Waals surface area contributed by atoms with Gasteiger partial charge in [-0.25, -0.2) is 4.98 Å². The molecule has 0 bridgehead atoms. The first-order valence-electron chi connectivity index (χ1n) is 6.15. The maximum Gasteiger partial charge on any atom is 0.271 e. The smallest absolute Gasteiger partial charge is 0.271 e. The summed E-state index contributed by atoms with van der Waals surface area (Å²) in [6, 6.07) is 0. The van der Waals surface area contributed by atoms with Crippen LogP contribution in [0.3, 0.4) is 0 Å². The van der Waals surface area contributed by atoms with Gasteiger partial charge >= 0.3 is 0 Å². The van der Waals surface area contributed by atoms with Crippen LogP contribution in [0.25, 0.3) is 0 Å². The number of hydrogen-bond donors (Lipinski definition) is 1. The first kappa shape index (κ1) is 14.9. The zero-order valence-corrected chi connectivity index (χ0v) is 11.6. The molecule has 1 aromatic rings. The van der Waals surface area contributed by atoms with E-state index in [1.165, 1.54) is 12.4 Å². The fourth-order valence-corrected chi connectivity index (χ4v) is 1.73. The van der Waals surface area contributed by atoms with Crippen molar-refractivity contribution in [3.63, 3.8) is 0 Å². The van der Waals surface area contributed by atoms with E-state index in [-0.39, 0.29) is 16.8 Å². The van der Waals surface area contributed by atoms with Crippen LogP contribution in [0.5, 0.6) is 0 Å². The van der Waals surface area contributed by atoms with E-state index in [0.29, 0.717) is 6.54 Å². The maximum atomic E-state index is 11.7.